The number of hydrogen-bond donors (Lipinski definition) is 1. The fourth-order valence-electron chi connectivity index (χ4n) is 6.90. The molecule has 1 aromatic rings. The second kappa shape index (κ2) is 7.92. The highest BCUT2D eigenvalue weighted by atomic mass is 19.4. The molecule has 186 valence electrons. The third-order valence-electron chi connectivity index (χ3n) is 8.38. The number of halogens is 3. The summed E-state index contributed by atoms with van der Waals surface area (Å²) in [6.45, 7) is 10.4. The highest BCUT2D eigenvalue weighted by Crippen LogP contribution is 2.60. The van der Waals surface area contributed by atoms with Crippen LogP contribution in [0.15, 0.2) is 23.8 Å². The van der Waals surface area contributed by atoms with Gasteiger partial charge in [0.15, 0.2) is 0 Å². The molecule has 0 amide bonds. The van der Waals surface area contributed by atoms with Crippen LogP contribution in [-0.4, -0.2) is 16.3 Å². The lowest BCUT2D eigenvalue weighted by molar-refractivity contribution is -0.0984. The van der Waals surface area contributed by atoms with Gasteiger partial charge in [0.2, 0.25) is 0 Å². The summed E-state index contributed by atoms with van der Waals surface area (Å²) in [5, 5.41) is 11.4. The SMILES string of the molecule is CC(C)c1nc2c(c3c1[C@H](C1C=CC(C(F)(F)F)=CC1C)OC31CCCC1)C(O)CC(C)(C)C2. The van der Waals surface area contributed by atoms with E-state index < -0.39 is 23.5 Å². The Morgan fingerprint density at radius 2 is 1.82 bits per heavy atom. The average Bonchev–Trinajstić information content (AvgIpc) is 3.31. The van der Waals surface area contributed by atoms with Crippen LogP contribution in [0.3, 0.4) is 0 Å². The number of rotatable bonds is 2. The largest absolute Gasteiger partial charge is 0.416 e. The molecule has 4 atom stereocenters. The van der Waals surface area contributed by atoms with E-state index in [1.54, 1.807) is 6.08 Å². The molecular formula is C28H36F3NO2. The fourth-order valence-corrected chi connectivity index (χ4v) is 6.90. The summed E-state index contributed by atoms with van der Waals surface area (Å²) in [7, 11) is 0. The van der Waals surface area contributed by atoms with E-state index in [0.717, 1.165) is 60.2 Å². The highest BCUT2D eigenvalue weighted by molar-refractivity contribution is 5.53. The van der Waals surface area contributed by atoms with Crippen LogP contribution in [0, 0.1) is 17.3 Å². The molecule has 0 saturated heterocycles. The molecule has 0 radical (unpaired) electrons. The maximum absolute atomic E-state index is 13.4. The standard InChI is InChI=1S/C28H36F3NO2/c1-15(2)24-22-23(21-19(32-24)13-26(4,5)14-20(21)33)27(10-6-7-11-27)34-25(22)18-9-8-17(12-16(18)3)28(29,30)31/h8-9,12,15-16,18,20,25,33H,6-7,10-11,13-14H2,1-5H3/t16?,18?,20?,25-/m0/s1. The summed E-state index contributed by atoms with van der Waals surface area (Å²) in [4.78, 5) is 5.15. The number of hydrogen-bond acceptors (Lipinski definition) is 3. The van der Waals surface area contributed by atoms with Gasteiger partial charge in [-0.15, -0.1) is 0 Å². The Balaban J connectivity index is 1.69. The van der Waals surface area contributed by atoms with Gasteiger partial charge in [0.25, 0.3) is 0 Å². The van der Waals surface area contributed by atoms with Crippen LogP contribution < -0.4 is 0 Å². The zero-order valence-electron chi connectivity index (χ0n) is 20.8. The first-order valence-electron chi connectivity index (χ1n) is 12.7. The molecule has 1 saturated carbocycles. The van der Waals surface area contributed by atoms with Crippen molar-refractivity contribution in [3.63, 3.8) is 0 Å². The lowest BCUT2D eigenvalue weighted by atomic mass is 9.70. The van der Waals surface area contributed by atoms with Crippen molar-refractivity contribution in [1.82, 2.24) is 4.98 Å². The van der Waals surface area contributed by atoms with E-state index in [4.69, 9.17) is 9.72 Å². The summed E-state index contributed by atoms with van der Waals surface area (Å²) in [6, 6.07) is 0. The summed E-state index contributed by atoms with van der Waals surface area (Å²) >= 11 is 0. The van der Waals surface area contributed by atoms with Crippen molar-refractivity contribution in [3.8, 4) is 0 Å². The van der Waals surface area contributed by atoms with Gasteiger partial charge >= 0.3 is 6.18 Å². The molecule has 34 heavy (non-hydrogen) atoms. The number of ether oxygens (including phenoxy) is 1. The molecule has 3 aliphatic carbocycles. The van der Waals surface area contributed by atoms with Crippen molar-refractivity contribution < 1.29 is 23.0 Å². The molecule has 1 aliphatic heterocycles. The van der Waals surface area contributed by atoms with E-state index >= 15 is 0 Å². The number of aliphatic hydroxyl groups is 1. The molecule has 1 fully saturated rings. The zero-order chi connectivity index (χ0) is 24.6. The first-order chi connectivity index (χ1) is 15.8. The molecule has 6 heteroatoms. The number of fused-ring (bicyclic) bond motifs is 4. The lowest BCUT2D eigenvalue weighted by Gasteiger charge is -2.38. The second-order valence-electron chi connectivity index (χ2n) is 12.0. The van der Waals surface area contributed by atoms with Crippen molar-refractivity contribution in [3.05, 3.63) is 51.9 Å². The summed E-state index contributed by atoms with van der Waals surface area (Å²) < 4.78 is 47.1. The monoisotopic (exact) mass is 475 g/mol. The topological polar surface area (TPSA) is 42.4 Å². The Labute approximate surface area is 200 Å². The maximum atomic E-state index is 13.4. The van der Waals surface area contributed by atoms with Crippen LogP contribution >= 0.6 is 0 Å². The van der Waals surface area contributed by atoms with Crippen molar-refractivity contribution in [2.45, 2.75) is 103 Å². The Morgan fingerprint density at radius 3 is 2.41 bits per heavy atom. The van der Waals surface area contributed by atoms with Gasteiger partial charge in [-0.05, 0) is 48.5 Å². The molecular weight excluding hydrogens is 439 g/mol. The lowest BCUT2D eigenvalue weighted by Crippen LogP contribution is -2.32. The van der Waals surface area contributed by atoms with E-state index in [2.05, 4.69) is 27.7 Å². The molecule has 0 bridgehead atoms. The van der Waals surface area contributed by atoms with Gasteiger partial charge < -0.3 is 9.84 Å². The minimum atomic E-state index is -4.35. The Morgan fingerprint density at radius 1 is 1.15 bits per heavy atom. The number of aromatic nitrogens is 1. The first-order valence-corrected chi connectivity index (χ1v) is 12.7. The van der Waals surface area contributed by atoms with Gasteiger partial charge in [-0.2, -0.15) is 13.2 Å². The quantitative estimate of drug-likeness (QED) is 0.486. The van der Waals surface area contributed by atoms with Crippen molar-refractivity contribution >= 4 is 0 Å². The van der Waals surface area contributed by atoms with Gasteiger partial charge in [-0.1, -0.05) is 65.7 Å². The zero-order valence-corrected chi connectivity index (χ0v) is 20.8. The third kappa shape index (κ3) is 3.76. The third-order valence-corrected chi connectivity index (χ3v) is 8.38. The minimum Gasteiger partial charge on any atom is -0.388 e. The van der Waals surface area contributed by atoms with Crippen molar-refractivity contribution in [1.29, 1.82) is 0 Å². The van der Waals surface area contributed by atoms with Gasteiger partial charge in [-0.25, -0.2) is 0 Å². The molecule has 0 aromatic carbocycles. The van der Waals surface area contributed by atoms with Crippen LogP contribution in [-0.2, 0) is 16.8 Å². The second-order valence-corrected chi connectivity index (χ2v) is 12.0. The van der Waals surface area contributed by atoms with E-state index in [1.165, 1.54) is 12.2 Å². The number of nitrogens with zero attached hydrogens (tertiary/aromatic N) is 1. The van der Waals surface area contributed by atoms with Gasteiger partial charge in [0.05, 0.1) is 23.4 Å². The number of allylic oxidation sites excluding steroid dienone is 3. The molecule has 5 rings (SSSR count). The van der Waals surface area contributed by atoms with E-state index in [9.17, 15) is 18.3 Å². The molecule has 1 N–H and O–H groups in total. The van der Waals surface area contributed by atoms with Crippen LogP contribution in [0.5, 0.6) is 0 Å². The molecule has 3 unspecified atom stereocenters. The average molecular weight is 476 g/mol. The Bertz CT molecular complexity index is 1050. The minimum absolute atomic E-state index is 0.0387. The number of alkyl halides is 3. The van der Waals surface area contributed by atoms with E-state index in [1.807, 2.05) is 6.92 Å². The van der Waals surface area contributed by atoms with Gasteiger partial charge in [-0.3, -0.25) is 4.98 Å². The molecule has 1 spiro atoms. The summed E-state index contributed by atoms with van der Waals surface area (Å²) in [5.41, 5.74) is 3.98. The van der Waals surface area contributed by atoms with Crippen molar-refractivity contribution in [2.24, 2.45) is 17.3 Å². The highest BCUT2D eigenvalue weighted by Gasteiger charge is 2.54. The van der Waals surface area contributed by atoms with Gasteiger partial charge in [0, 0.05) is 28.4 Å². The smallest absolute Gasteiger partial charge is 0.388 e. The molecule has 3 nitrogen and oxygen atoms in total. The normalized spacial score (nSPS) is 31.6. The predicted octanol–water partition coefficient (Wildman–Crippen LogP) is 7.36. The first kappa shape index (κ1) is 24.1. The number of aliphatic hydroxyl groups excluding tert-OH is 1. The summed E-state index contributed by atoms with van der Waals surface area (Å²) in [6.07, 6.45) is 4.29. The van der Waals surface area contributed by atoms with Crippen LogP contribution in [0.25, 0.3) is 0 Å². The number of pyridine rings is 1. The van der Waals surface area contributed by atoms with E-state index in [0.29, 0.717) is 6.42 Å². The molecule has 2 heterocycles. The van der Waals surface area contributed by atoms with Gasteiger partial charge in [0.1, 0.15) is 0 Å². The predicted molar refractivity (Wildman–Crippen MR) is 125 cm³/mol. The Hall–Kier alpha value is -1.66. The summed E-state index contributed by atoms with van der Waals surface area (Å²) in [5.74, 6) is -0.386. The molecule has 1 aromatic heterocycles. The fraction of sp³-hybridized carbons (Fsp3) is 0.679. The maximum Gasteiger partial charge on any atom is 0.416 e. The van der Waals surface area contributed by atoms with Crippen LogP contribution in [0.4, 0.5) is 13.2 Å². The molecule has 4 aliphatic rings. The van der Waals surface area contributed by atoms with Crippen LogP contribution in [0.1, 0.15) is 113 Å². The van der Waals surface area contributed by atoms with Crippen LogP contribution in [0.2, 0.25) is 0 Å². The van der Waals surface area contributed by atoms with Crippen molar-refractivity contribution in [2.75, 3.05) is 0 Å². The Kier molecular flexibility index (Phi) is 5.61. The van der Waals surface area contributed by atoms with E-state index in [-0.39, 0.29) is 29.3 Å².